The van der Waals surface area contributed by atoms with Gasteiger partial charge in [-0.3, -0.25) is 9.69 Å². The highest BCUT2D eigenvalue weighted by Crippen LogP contribution is 2.23. The first-order valence-electron chi connectivity index (χ1n) is 6.06. The number of rotatable bonds is 5. The molecule has 1 aliphatic rings. The Bertz CT molecular complexity index is 301. The van der Waals surface area contributed by atoms with Crippen LogP contribution in [-0.2, 0) is 4.79 Å². The van der Waals surface area contributed by atoms with Crippen molar-refractivity contribution in [2.24, 2.45) is 5.92 Å². The second kappa shape index (κ2) is 6.58. The first kappa shape index (κ1) is 13.9. The van der Waals surface area contributed by atoms with Gasteiger partial charge in [0, 0.05) is 19.6 Å². The van der Waals surface area contributed by atoms with E-state index in [1.54, 1.807) is 11.9 Å². The van der Waals surface area contributed by atoms with Crippen molar-refractivity contribution in [2.75, 3.05) is 33.3 Å². The maximum Gasteiger partial charge on any atom is 0.236 e. The minimum Gasteiger partial charge on any atom is -0.395 e. The number of aliphatic hydroxyl groups excluding tert-OH is 1. The van der Waals surface area contributed by atoms with Crippen molar-refractivity contribution in [1.82, 2.24) is 9.80 Å². The first-order valence-corrected chi connectivity index (χ1v) is 6.06. The molecule has 0 radical (unpaired) electrons. The van der Waals surface area contributed by atoms with Crippen molar-refractivity contribution in [1.29, 1.82) is 5.26 Å². The van der Waals surface area contributed by atoms with E-state index < -0.39 is 0 Å². The summed E-state index contributed by atoms with van der Waals surface area (Å²) in [6.45, 7) is 3.89. The summed E-state index contributed by atoms with van der Waals surface area (Å²) in [5, 5.41) is 17.8. The molecule has 2 atom stereocenters. The summed E-state index contributed by atoms with van der Waals surface area (Å²) in [5.74, 6) is 0.463. The summed E-state index contributed by atoms with van der Waals surface area (Å²) in [5.41, 5.74) is 0. The van der Waals surface area contributed by atoms with E-state index in [-0.39, 0.29) is 18.6 Å². The number of likely N-dealkylation sites (N-methyl/N-ethyl adjacent to an activating group) is 1. The Balaban J connectivity index is 2.43. The fourth-order valence-electron chi connectivity index (χ4n) is 2.22. The first-order chi connectivity index (χ1) is 8.10. The quantitative estimate of drug-likeness (QED) is 0.736. The molecule has 5 heteroatoms. The lowest BCUT2D eigenvalue weighted by atomic mass is 10.0. The Labute approximate surface area is 103 Å². The van der Waals surface area contributed by atoms with Gasteiger partial charge in [-0.2, -0.15) is 5.26 Å². The Kier molecular flexibility index (Phi) is 5.39. The molecule has 2 unspecified atom stereocenters. The zero-order valence-electron chi connectivity index (χ0n) is 10.6. The fourth-order valence-corrected chi connectivity index (χ4v) is 2.22. The number of amides is 1. The molecule has 0 aromatic carbocycles. The van der Waals surface area contributed by atoms with Gasteiger partial charge in [-0.1, -0.05) is 6.92 Å². The Morgan fingerprint density at radius 1 is 1.65 bits per heavy atom. The number of nitrogens with zero attached hydrogens (tertiary/aromatic N) is 3. The normalized spacial score (nSPS) is 24.6. The molecule has 1 saturated heterocycles. The third kappa shape index (κ3) is 3.69. The smallest absolute Gasteiger partial charge is 0.236 e. The van der Waals surface area contributed by atoms with Crippen LogP contribution >= 0.6 is 0 Å². The molecule has 0 bridgehead atoms. The molecule has 1 rings (SSSR count). The summed E-state index contributed by atoms with van der Waals surface area (Å²) in [4.78, 5) is 15.5. The number of hydrogen-bond donors (Lipinski definition) is 1. The van der Waals surface area contributed by atoms with Crippen LogP contribution in [0.2, 0.25) is 0 Å². The lowest BCUT2D eigenvalue weighted by Crippen LogP contribution is -2.43. The second-order valence-electron chi connectivity index (χ2n) is 4.71. The van der Waals surface area contributed by atoms with Crippen LogP contribution in [0.5, 0.6) is 0 Å². The van der Waals surface area contributed by atoms with E-state index in [0.717, 1.165) is 13.0 Å². The molecule has 5 nitrogen and oxygen atoms in total. The molecule has 1 fully saturated rings. The van der Waals surface area contributed by atoms with Crippen molar-refractivity contribution in [3.63, 3.8) is 0 Å². The average molecular weight is 239 g/mol. The highest BCUT2D eigenvalue weighted by atomic mass is 16.3. The van der Waals surface area contributed by atoms with Crippen molar-refractivity contribution in [3.8, 4) is 6.07 Å². The third-order valence-electron chi connectivity index (χ3n) is 3.51. The number of aliphatic hydroxyl groups is 1. The van der Waals surface area contributed by atoms with Gasteiger partial charge in [0.2, 0.25) is 5.91 Å². The van der Waals surface area contributed by atoms with Crippen LogP contribution in [0.1, 0.15) is 19.8 Å². The Morgan fingerprint density at radius 2 is 2.35 bits per heavy atom. The van der Waals surface area contributed by atoms with Gasteiger partial charge in [-0.05, 0) is 18.9 Å². The van der Waals surface area contributed by atoms with Crippen molar-refractivity contribution < 1.29 is 9.90 Å². The maximum absolute atomic E-state index is 11.9. The van der Waals surface area contributed by atoms with E-state index in [4.69, 9.17) is 5.26 Å². The van der Waals surface area contributed by atoms with Gasteiger partial charge in [0.15, 0.2) is 0 Å². The van der Waals surface area contributed by atoms with E-state index in [1.807, 2.05) is 11.0 Å². The van der Waals surface area contributed by atoms with Gasteiger partial charge in [0.25, 0.3) is 0 Å². The van der Waals surface area contributed by atoms with Crippen LogP contribution in [0, 0.1) is 17.2 Å². The molecule has 0 spiro atoms. The molecule has 1 heterocycles. The SMILES string of the molecule is CC1CCN(CC(=O)N(C)CCC#N)C1CO. The van der Waals surface area contributed by atoms with E-state index in [0.29, 0.717) is 25.4 Å². The molecule has 0 aromatic rings. The lowest BCUT2D eigenvalue weighted by Gasteiger charge is -2.26. The van der Waals surface area contributed by atoms with Crippen LogP contribution in [0.15, 0.2) is 0 Å². The van der Waals surface area contributed by atoms with Crippen LogP contribution < -0.4 is 0 Å². The van der Waals surface area contributed by atoms with Gasteiger partial charge < -0.3 is 10.0 Å². The molecule has 96 valence electrons. The van der Waals surface area contributed by atoms with Gasteiger partial charge in [-0.15, -0.1) is 0 Å². The van der Waals surface area contributed by atoms with Crippen molar-refractivity contribution in [3.05, 3.63) is 0 Å². The summed E-state index contributed by atoms with van der Waals surface area (Å²) >= 11 is 0. The number of likely N-dealkylation sites (tertiary alicyclic amines) is 1. The molecule has 0 aliphatic carbocycles. The highest BCUT2D eigenvalue weighted by Gasteiger charge is 2.31. The molecular formula is C12H21N3O2. The zero-order chi connectivity index (χ0) is 12.8. The largest absolute Gasteiger partial charge is 0.395 e. The zero-order valence-corrected chi connectivity index (χ0v) is 10.6. The monoisotopic (exact) mass is 239 g/mol. The topological polar surface area (TPSA) is 67.6 Å². The standard InChI is InChI=1S/C12H21N3O2/c1-10-4-7-15(11(10)9-16)8-12(17)14(2)6-3-5-13/h10-11,16H,3-4,6-9H2,1-2H3. The number of carbonyl (C=O) groups is 1. The maximum atomic E-state index is 11.9. The fraction of sp³-hybridized carbons (Fsp3) is 0.833. The summed E-state index contributed by atoms with van der Waals surface area (Å²) < 4.78 is 0. The van der Waals surface area contributed by atoms with E-state index >= 15 is 0 Å². The number of carbonyl (C=O) groups excluding carboxylic acids is 1. The summed E-state index contributed by atoms with van der Waals surface area (Å²) in [7, 11) is 1.72. The van der Waals surface area contributed by atoms with Crippen LogP contribution in [0.4, 0.5) is 0 Å². The highest BCUT2D eigenvalue weighted by molar-refractivity contribution is 5.78. The summed E-state index contributed by atoms with van der Waals surface area (Å²) in [6, 6.07) is 2.13. The van der Waals surface area contributed by atoms with Crippen molar-refractivity contribution >= 4 is 5.91 Å². The molecular weight excluding hydrogens is 218 g/mol. The second-order valence-corrected chi connectivity index (χ2v) is 4.71. The van der Waals surface area contributed by atoms with Gasteiger partial charge in [0.1, 0.15) is 0 Å². The Hall–Kier alpha value is -1.12. The van der Waals surface area contributed by atoms with Crippen molar-refractivity contribution in [2.45, 2.75) is 25.8 Å². The predicted molar refractivity (Wildman–Crippen MR) is 64.1 cm³/mol. The molecule has 1 N–H and O–H groups in total. The predicted octanol–water partition coefficient (Wildman–Crippen LogP) is 0.0612. The number of nitriles is 1. The Morgan fingerprint density at radius 3 is 2.94 bits per heavy atom. The van der Waals surface area contributed by atoms with Crippen LogP contribution in [0.25, 0.3) is 0 Å². The third-order valence-corrected chi connectivity index (χ3v) is 3.51. The molecule has 1 amide bonds. The number of hydrogen-bond acceptors (Lipinski definition) is 4. The molecule has 0 aromatic heterocycles. The lowest BCUT2D eigenvalue weighted by molar-refractivity contribution is -0.131. The van der Waals surface area contributed by atoms with Crippen LogP contribution in [0.3, 0.4) is 0 Å². The van der Waals surface area contributed by atoms with Crippen LogP contribution in [-0.4, -0.2) is 60.1 Å². The van der Waals surface area contributed by atoms with Gasteiger partial charge in [-0.25, -0.2) is 0 Å². The van der Waals surface area contributed by atoms with Gasteiger partial charge in [0.05, 0.1) is 25.6 Å². The van der Waals surface area contributed by atoms with E-state index in [9.17, 15) is 9.90 Å². The molecule has 0 saturated carbocycles. The minimum absolute atomic E-state index is 0.0211. The average Bonchev–Trinajstić information content (AvgIpc) is 2.66. The molecule has 17 heavy (non-hydrogen) atoms. The summed E-state index contributed by atoms with van der Waals surface area (Å²) in [6.07, 6.45) is 1.39. The molecule has 1 aliphatic heterocycles. The van der Waals surface area contributed by atoms with E-state index in [2.05, 4.69) is 6.92 Å². The van der Waals surface area contributed by atoms with E-state index in [1.165, 1.54) is 0 Å². The van der Waals surface area contributed by atoms with Gasteiger partial charge >= 0.3 is 0 Å². The minimum atomic E-state index is 0.0211.